The van der Waals surface area contributed by atoms with Crippen LogP contribution in [-0.2, 0) is 32.5 Å². The molecule has 0 aromatic heterocycles. The smallest absolute Gasteiger partial charge is 0.127 e. The first-order valence-corrected chi connectivity index (χ1v) is 40.1. The highest BCUT2D eigenvalue weighted by Gasteiger charge is 2.24. The Kier molecular flexibility index (Phi) is 38.9. The lowest BCUT2D eigenvalue weighted by molar-refractivity contribution is 0.520. The molecule has 0 radical (unpaired) electrons. The van der Waals surface area contributed by atoms with Crippen LogP contribution in [0.3, 0.4) is 0 Å². The van der Waals surface area contributed by atoms with Crippen LogP contribution in [0.2, 0.25) is 5.02 Å². The third kappa shape index (κ3) is 32.6. The topological polar surface area (TPSA) is 0 Å². The summed E-state index contributed by atoms with van der Waals surface area (Å²) < 4.78 is 40.2. The second-order valence-electron chi connectivity index (χ2n) is 38.5. The first-order valence-electron chi connectivity index (χ1n) is 39.7. The summed E-state index contributed by atoms with van der Waals surface area (Å²) >= 11 is 6.23. The van der Waals surface area contributed by atoms with Gasteiger partial charge in [-0.3, -0.25) is 0 Å². The van der Waals surface area contributed by atoms with Gasteiger partial charge in [0.15, 0.2) is 0 Å². The van der Waals surface area contributed by atoms with Gasteiger partial charge in [0, 0.05) is 5.02 Å². The van der Waals surface area contributed by atoms with Crippen LogP contribution in [0.4, 0.5) is 13.2 Å². The molecule has 0 heterocycles. The molecule has 4 heteroatoms. The fourth-order valence-electron chi connectivity index (χ4n) is 13.3. The Hall–Kier alpha value is -6.16. The van der Waals surface area contributed by atoms with Crippen LogP contribution >= 0.6 is 11.6 Å². The summed E-state index contributed by atoms with van der Waals surface area (Å²) in [7, 11) is 0. The van der Waals surface area contributed by atoms with Gasteiger partial charge in [0.2, 0.25) is 0 Å². The molecule has 0 aliphatic heterocycles. The van der Waals surface area contributed by atoms with E-state index in [9.17, 15) is 13.2 Å². The number of benzene rings is 8. The summed E-state index contributed by atoms with van der Waals surface area (Å²) in [6, 6.07) is 49.3. The first kappa shape index (κ1) is 97.9. The molecule has 8 aromatic rings. The van der Waals surface area contributed by atoms with Crippen LogP contribution in [0.25, 0.3) is 0 Å². The molecule has 0 bridgehead atoms. The predicted molar refractivity (Wildman–Crippen MR) is 470 cm³/mol. The molecule has 0 saturated carbocycles. The Bertz CT molecular complexity index is 3830. The molecule has 0 unspecified atom stereocenters. The van der Waals surface area contributed by atoms with Gasteiger partial charge in [-0.05, 0) is 257 Å². The molecule has 0 N–H and O–H groups in total. The van der Waals surface area contributed by atoms with Crippen LogP contribution in [0.5, 0.6) is 0 Å². The molecule has 0 amide bonds. The molecule has 0 fully saturated rings. The van der Waals surface area contributed by atoms with E-state index in [1.54, 1.807) is 24.3 Å². The van der Waals surface area contributed by atoms with Gasteiger partial charge in [-0.2, -0.15) is 0 Å². The van der Waals surface area contributed by atoms with E-state index in [4.69, 9.17) is 11.6 Å². The Morgan fingerprint density at radius 1 is 0.245 bits per heavy atom. The van der Waals surface area contributed by atoms with Crippen molar-refractivity contribution in [1.82, 2.24) is 0 Å². The second-order valence-corrected chi connectivity index (χ2v) is 38.9. The molecule has 0 saturated heterocycles. The maximum Gasteiger partial charge on any atom is 0.127 e. The highest BCUT2D eigenvalue weighted by molar-refractivity contribution is 6.31. The van der Waals surface area contributed by atoms with Crippen molar-refractivity contribution in [2.75, 3.05) is 0 Å². The van der Waals surface area contributed by atoms with E-state index in [2.05, 4.69) is 326 Å². The van der Waals surface area contributed by atoms with E-state index >= 15 is 0 Å². The van der Waals surface area contributed by atoms with Gasteiger partial charge in [-0.15, -0.1) is 0 Å². The normalized spacial score (nSPS) is 11.9. The van der Waals surface area contributed by atoms with Gasteiger partial charge < -0.3 is 0 Å². The van der Waals surface area contributed by atoms with Gasteiger partial charge in [-0.25, -0.2) is 13.2 Å². The fraction of sp³-hybridized carbons (Fsp3) is 0.529. The molecule has 588 valence electrons. The number of halogens is 4. The monoisotopic (exact) mass is 1470 g/mol. The van der Waals surface area contributed by atoms with Crippen molar-refractivity contribution in [3.05, 3.63) is 279 Å². The standard InChI is InChI=1S/C14H21Cl.C14H21F.C14H22.C13H19F.C12H17F.2C12H18.C11H16/c1-13(2,3)10-7-8-12(15)11(9-10)14(4,5)6;1-9(2)11-8-12(14(4,5)6)13(15)7-10(11)3;1-10(2)13-9-12(14(4,5)6)8-7-11(13)3;1-9(2)11-8-10(13(3,4)5)6-7-12(11)14;1-8(2)11-6-5-10(13)7-12(11)9(3)4;1-8(2)12-10(4)6-9(3)7-11(12)5;1-9(2)11-7-5-6-8-12(11)10(3)4;1-9-7-5-6-8-10(9)11(2,3)4/h2*7-9H,1-6H3;7-10H,1-6H3;6-9H,1-5H3;5-9H,1-4H3;6-8H,1-5H3;5-10H,1-4H3;5-8H,1-4H3. The van der Waals surface area contributed by atoms with Crippen molar-refractivity contribution in [3.63, 3.8) is 0 Å². The SMILES string of the molecule is CC(C)(C)c1ccc(Cl)c(C(C)(C)C)c1.CC(C)c1cc(C(C)(C)C)ccc1F.CC(C)c1ccc(F)cc1C(C)C.CC(C)c1ccccc1C(C)C.Cc1cc(C)c(C(C)C)c(C)c1.Cc1cc(F)c(C(C)(C)C)cc1C(C)C.Cc1ccc(C(C)(C)C)cc1C(C)C.Cc1ccccc1C(C)(C)C. The quantitative estimate of drug-likeness (QED) is 0.142. The van der Waals surface area contributed by atoms with E-state index in [1.807, 2.05) is 71.9 Å². The molecule has 0 aliphatic carbocycles. The summed E-state index contributed by atoms with van der Waals surface area (Å²) in [5, 5.41) is 0.871. The number of aryl methyl sites for hydroxylation is 6. The van der Waals surface area contributed by atoms with Crippen LogP contribution in [0.15, 0.2) is 146 Å². The van der Waals surface area contributed by atoms with Gasteiger partial charge in [0.05, 0.1) is 0 Å². The molecule has 106 heavy (non-hydrogen) atoms. The predicted octanol–water partition coefficient (Wildman–Crippen LogP) is 33.2. The molecular formula is C102H152ClF3. The average Bonchev–Trinajstić information content (AvgIpc) is 0.802. The third-order valence-electron chi connectivity index (χ3n) is 19.5. The van der Waals surface area contributed by atoms with Crippen molar-refractivity contribution in [2.24, 2.45) is 0 Å². The van der Waals surface area contributed by atoms with Gasteiger partial charge >= 0.3 is 0 Å². The van der Waals surface area contributed by atoms with Crippen LogP contribution in [-0.4, -0.2) is 0 Å². The minimum atomic E-state index is -0.131. The summed E-state index contributed by atoms with van der Waals surface area (Å²) in [4.78, 5) is 0. The van der Waals surface area contributed by atoms with Crippen LogP contribution in [0, 0.1) is 59.0 Å². The zero-order valence-electron chi connectivity index (χ0n) is 75.0. The molecule has 0 nitrogen and oxygen atoms in total. The van der Waals surface area contributed by atoms with E-state index in [0.29, 0.717) is 41.4 Å². The largest absolute Gasteiger partial charge is 0.207 e. The Labute approximate surface area is 656 Å². The highest BCUT2D eigenvalue weighted by atomic mass is 35.5. The third-order valence-corrected chi connectivity index (χ3v) is 19.8. The van der Waals surface area contributed by atoms with Crippen LogP contribution in [0.1, 0.15) is 394 Å². The molecular weight excluding hydrogens is 1320 g/mol. The minimum Gasteiger partial charge on any atom is -0.207 e. The molecule has 0 spiro atoms. The van der Waals surface area contributed by atoms with Crippen LogP contribution < -0.4 is 0 Å². The van der Waals surface area contributed by atoms with Crippen molar-refractivity contribution < 1.29 is 13.2 Å². The molecule has 0 atom stereocenters. The Balaban J connectivity index is 0.000000607. The number of hydrogen-bond acceptors (Lipinski definition) is 0. The fourth-order valence-corrected chi connectivity index (χ4v) is 13.7. The van der Waals surface area contributed by atoms with Crippen molar-refractivity contribution >= 4 is 11.6 Å². The molecule has 8 rings (SSSR count). The van der Waals surface area contributed by atoms with E-state index in [0.717, 1.165) is 27.3 Å². The lowest BCUT2D eigenvalue weighted by Gasteiger charge is -2.25. The van der Waals surface area contributed by atoms with Gasteiger partial charge in [0.1, 0.15) is 17.5 Å². The van der Waals surface area contributed by atoms with Gasteiger partial charge in [0.25, 0.3) is 0 Å². The van der Waals surface area contributed by atoms with Crippen molar-refractivity contribution in [3.8, 4) is 0 Å². The molecule has 0 aliphatic rings. The average molecular weight is 1470 g/mol. The number of hydrogen-bond donors (Lipinski definition) is 0. The van der Waals surface area contributed by atoms with E-state index < -0.39 is 0 Å². The summed E-state index contributed by atoms with van der Waals surface area (Å²) in [5.41, 5.74) is 26.8. The summed E-state index contributed by atoms with van der Waals surface area (Å²) in [6.45, 7) is 87.1. The Morgan fingerprint density at radius 2 is 0.604 bits per heavy atom. The first-order chi connectivity index (χ1) is 48.2. The molecule has 8 aromatic carbocycles. The van der Waals surface area contributed by atoms with Crippen molar-refractivity contribution in [2.45, 2.75) is 357 Å². The lowest BCUT2D eigenvalue weighted by atomic mass is 9.81. The van der Waals surface area contributed by atoms with E-state index in [-0.39, 0.29) is 55.9 Å². The maximum absolute atomic E-state index is 13.8. The summed E-state index contributed by atoms with van der Waals surface area (Å²) in [5.74, 6) is 3.82. The lowest BCUT2D eigenvalue weighted by Crippen LogP contribution is -2.16. The second kappa shape index (κ2) is 42.1. The number of rotatable bonds is 8. The minimum absolute atomic E-state index is 0.0793. The summed E-state index contributed by atoms with van der Waals surface area (Å²) in [6.07, 6.45) is 0. The maximum atomic E-state index is 13.8. The Morgan fingerprint density at radius 3 is 0.981 bits per heavy atom. The van der Waals surface area contributed by atoms with E-state index in [1.165, 1.54) is 89.0 Å². The highest BCUT2D eigenvalue weighted by Crippen LogP contribution is 2.36. The van der Waals surface area contributed by atoms with Crippen molar-refractivity contribution in [1.29, 1.82) is 0 Å². The zero-order chi connectivity index (χ0) is 82.4. The van der Waals surface area contributed by atoms with Gasteiger partial charge in [-0.1, -0.05) is 368 Å². The zero-order valence-corrected chi connectivity index (χ0v) is 75.7.